The molecule has 6 rings (SSSR count). The maximum Gasteiger partial charge on any atom is 0.274 e. The van der Waals surface area contributed by atoms with Gasteiger partial charge in [-0.15, -0.1) is 11.3 Å². The fourth-order valence-electron chi connectivity index (χ4n) is 5.76. The van der Waals surface area contributed by atoms with Crippen molar-refractivity contribution in [3.8, 4) is 11.5 Å². The number of hydrogen-bond donors (Lipinski definition) is 2. The summed E-state index contributed by atoms with van der Waals surface area (Å²) < 4.78 is 12.3. The van der Waals surface area contributed by atoms with Gasteiger partial charge >= 0.3 is 0 Å². The molecule has 0 unspecified atom stereocenters. The molecule has 0 radical (unpaired) electrons. The van der Waals surface area contributed by atoms with Crippen LogP contribution >= 0.6 is 11.3 Å². The number of hydrogen-bond acceptors (Lipinski definition) is 7. The minimum Gasteiger partial charge on any atom is -0.493 e. The molecule has 47 heavy (non-hydrogen) atoms. The Bertz CT molecular complexity index is 2150. The minimum atomic E-state index is -0.368. The summed E-state index contributed by atoms with van der Waals surface area (Å²) in [5.74, 6) is 1.26. The van der Waals surface area contributed by atoms with E-state index in [1.165, 1.54) is 32.6 Å². The normalized spacial score (nSPS) is 13.8. The topological polar surface area (TPSA) is 106 Å². The maximum absolute atomic E-state index is 13.1. The van der Waals surface area contributed by atoms with Crippen LogP contribution in [0, 0.1) is 0 Å². The van der Waals surface area contributed by atoms with Crippen LogP contribution in [0.25, 0.3) is 12.2 Å². The molecule has 0 atom stereocenters. The highest BCUT2D eigenvalue weighted by molar-refractivity contribution is 7.10. The third-order valence-electron chi connectivity index (χ3n) is 8.38. The highest BCUT2D eigenvalue weighted by Gasteiger charge is 2.19. The summed E-state index contributed by atoms with van der Waals surface area (Å²) in [5, 5.41) is 5.28. The van der Waals surface area contributed by atoms with Crippen molar-refractivity contribution in [2.45, 2.75) is 19.4 Å². The predicted octanol–water partition coefficient (Wildman–Crippen LogP) is 3.66. The van der Waals surface area contributed by atoms with E-state index in [9.17, 15) is 14.4 Å². The van der Waals surface area contributed by atoms with Crippen molar-refractivity contribution in [2.24, 2.45) is 7.05 Å². The van der Waals surface area contributed by atoms with Crippen molar-refractivity contribution in [2.75, 3.05) is 32.6 Å². The SMILES string of the molecule is COc1cc2c(cc1OC)CN(CCc1ccc(NC(=O)c3cccc(/C=c4\[nH]c(=O)/c(=C/c5cccs5)n(C)c4=O)c3)cc1)CC2. The number of nitrogens with one attached hydrogen (secondary N) is 2. The summed E-state index contributed by atoms with van der Waals surface area (Å²) in [7, 11) is 4.90. The highest BCUT2D eigenvalue weighted by Crippen LogP contribution is 2.33. The molecule has 9 nitrogen and oxygen atoms in total. The summed E-state index contributed by atoms with van der Waals surface area (Å²) in [6.07, 6.45) is 5.13. The van der Waals surface area contributed by atoms with Crippen LogP contribution in [0.3, 0.4) is 0 Å². The summed E-state index contributed by atoms with van der Waals surface area (Å²) in [4.78, 5) is 45.0. The van der Waals surface area contributed by atoms with Crippen molar-refractivity contribution in [3.63, 3.8) is 0 Å². The average Bonchev–Trinajstić information content (AvgIpc) is 3.61. The Morgan fingerprint density at radius 1 is 0.957 bits per heavy atom. The van der Waals surface area contributed by atoms with Crippen molar-refractivity contribution in [1.29, 1.82) is 0 Å². The zero-order valence-corrected chi connectivity index (χ0v) is 27.4. The lowest BCUT2D eigenvalue weighted by Crippen LogP contribution is -2.52. The van der Waals surface area contributed by atoms with Crippen LogP contribution in [-0.4, -0.2) is 47.7 Å². The van der Waals surface area contributed by atoms with Crippen molar-refractivity contribution >= 4 is 35.1 Å². The van der Waals surface area contributed by atoms with E-state index in [0.717, 1.165) is 48.9 Å². The molecule has 1 aliphatic heterocycles. The van der Waals surface area contributed by atoms with Crippen LogP contribution in [-0.2, 0) is 26.4 Å². The number of ether oxygens (including phenoxy) is 2. The average molecular weight is 649 g/mol. The summed E-state index contributed by atoms with van der Waals surface area (Å²) in [5.41, 5.74) is 4.80. The van der Waals surface area contributed by atoms with E-state index >= 15 is 0 Å². The van der Waals surface area contributed by atoms with E-state index in [1.807, 2.05) is 41.8 Å². The molecule has 2 aromatic heterocycles. The zero-order chi connectivity index (χ0) is 32.9. The molecule has 1 amide bonds. The molecular weight excluding hydrogens is 612 g/mol. The number of amides is 1. The number of benzene rings is 3. The van der Waals surface area contributed by atoms with Gasteiger partial charge in [0.2, 0.25) is 0 Å². The molecule has 3 heterocycles. The fraction of sp³-hybridized carbons (Fsp3) is 0.216. The molecule has 0 saturated heterocycles. The largest absolute Gasteiger partial charge is 0.493 e. The van der Waals surface area contributed by atoms with Gasteiger partial charge in [0.1, 0.15) is 10.7 Å². The van der Waals surface area contributed by atoms with Crippen LogP contribution in [0.1, 0.15) is 37.5 Å². The lowest BCUT2D eigenvalue weighted by Gasteiger charge is -2.29. The Morgan fingerprint density at radius 3 is 2.45 bits per heavy atom. The third-order valence-corrected chi connectivity index (χ3v) is 9.20. The first kappa shape index (κ1) is 31.8. The first-order valence-electron chi connectivity index (χ1n) is 15.3. The third kappa shape index (κ3) is 7.29. The molecule has 5 aromatic rings. The number of methoxy groups -OCH3 is 2. The number of fused-ring (bicyclic) bond motifs is 1. The van der Waals surface area contributed by atoms with E-state index in [0.29, 0.717) is 16.8 Å². The molecule has 2 N–H and O–H groups in total. The summed E-state index contributed by atoms with van der Waals surface area (Å²) in [6, 6.07) is 22.8. The first-order chi connectivity index (χ1) is 22.8. The number of rotatable bonds is 9. The van der Waals surface area contributed by atoms with Gasteiger partial charge in [-0.1, -0.05) is 30.3 Å². The van der Waals surface area contributed by atoms with Crippen molar-refractivity contribution < 1.29 is 14.3 Å². The number of aromatic nitrogens is 2. The van der Waals surface area contributed by atoms with E-state index in [1.54, 1.807) is 57.7 Å². The Hall–Kier alpha value is -5.19. The van der Waals surface area contributed by atoms with Gasteiger partial charge in [0.15, 0.2) is 11.5 Å². The van der Waals surface area contributed by atoms with E-state index in [-0.39, 0.29) is 27.7 Å². The summed E-state index contributed by atoms with van der Waals surface area (Å²) >= 11 is 1.48. The predicted molar refractivity (Wildman–Crippen MR) is 186 cm³/mol. The summed E-state index contributed by atoms with van der Waals surface area (Å²) in [6.45, 7) is 2.77. The number of nitrogens with zero attached hydrogens (tertiary/aromatic N) is 2. The van der Waals surface area contributed by atoms with Gasteiger partial charge in [-0.05, 0) is 95.1 Å². The number of aromatic amines is 1. The number of thiophene rings is 1. The second-order valence-corrected chi connectivity index (χ2v) is 12.4. The van der Waals surface area contributed by atoms with E-state index in [2.05, 4.69) is 27.3 Å². The van der Waals surface area contributed by atoms with E-state index in [4.69, 9.17) is 9.47 Å². The fourth-order valence-corrected chi connectivity index (χ4v) is 6.42. The number of carbonyl (C=O) groups is 1. The minimum absolute atomic E-state index is 0.141. The van der Waals surface area contributed by atoms with Gasteiger partial charge in [-0.3, -0.25) is 19.3 Å². The zero-order valence-electron chi connectivity index (χ0n) is 26.5. The van der Waals surface area contributed by atoms with Gasteiger partial charge < -0.3 is 24.3 Å². The van der Waals surface area contributed by atoms with Crippen LogP contribution < -0.4 is 36.6 Å². The van der Waals surface area contributed by atoms with Gasteiger partial charge in [0, 0.05) is 42.8 Å². The van der Waals surface area contributed by atoms with Crippen LogP contribution in [0.2, 0.25) is 0 Å². The Labute approximate surface area is 276 Å². The lowest BCUT2D eigenvalue weighted by molar-refractivity contribution is 0.102. The second-order valence-electron chi connectivity index (χ2n) is 11.4. The maximum atomic E-state index is 13.1. The monoisotopic (exact) mass is 648 g/mol. The standard InChI is InChI=1S/C37H36N4O5S/c1-40-32(22-30-8-5-17-47-30)36(43)39-31(37(40)44)19-25-6-4-7-27(18-25)35(42)38-29-11-9-24(10-12-29)13-15-41-16-14-26-20-33(45-2)34(46-3)21-28(26)23-41/h4-12,17-22H,13-16,23H2,1-3H3,(H,38,42)(H,39,43)/b31-19-,32-22-. The second kappa shape index (κ2) is 14.1. The first-order valence-corrected chi connectivity index (χ1v) is 16.2. The molecular formula is C37H36N4O5S. The quantitative estimate of drug-likeness (QED) is 0.253. The smallest absolute Gasteiger partial charge is 0.274 e. The van der Waals surface area contributed by atoms with Gasteiger partial charge in [-0.25, -0.2) is 0 Å². The molecule has 1 aliphatic rings. The van der Waals surface area contributed by atoms with Crippen molar-refractivity contribution in [1.82, 2.24) is 14.5 Å². The van der Waals surface area contributed by atoms with Gasteiger partial charge in [0.05, 0.1) is 14.2 Å². The Balaban J connectivity index is 1.09. The molecule has 10 heteroatoms. The van der Waals surface area contributed by atoms with Gasteiger partial charge in [0.25, 0.3) is 17.0 Å². The number of anilines is 1. The molecule has 3 aromatic carbocycles. The van der Waals surface area contributed by atoms with Crippen LogP contribution in [0.5, 0.6) is 11.5 Å². The molecule has 0 spiro atoms. The molecule has 240 valence electrons. The van der Waals surface area contributed by atoms with Crippen LogP contribution in [0.4, 0.5) is 5.69 Å². The number of H-pyrrole nitrogens is 1. The highest BCUT2D eigenvalue weighted by atomic mass is 32.1. The molecule has 0 fully saturated rings. The number of carbonyl (C=O) groups excluding carboxylic acids is 1. The lowest BCUT2D eigenvalue weighted by atomic mass is 9.98. The van der Waals surface area contributed by atoms with Gasteiger partial charge in [-0.2, -0.15) is 0 Å². The molecule has 0 saturated carbocycles. The Kier molecular flexibility index (Phi) is 9.51. The van der Waals surface area contributed by atoms with Crippen LogP contribution in [0.15, 0.2) is 87.8 Å². The molecule has 0 aliphatic carbocycles. The molecule has 0 bridgehead atoms. The van der Waals surface area contributed by atoms with E-state index < -0.39 is 0 Å². The van der Waals surface area contributed by atoms with Crippen molar-refractivity contribution in [3.05, 3.63) is 142 Å². The Morgan fingerprint density at radius 2 is 1.72 bits per heavy atom.